The van der Waals surface area contributed by atoms with E-state index in [-0.39, 0.29) is 6.03 Å². The summed E-state index contributed by atoms with van der Waals surface area (Å²) in [4.78, 5) is 23.1. The molecule has 0 fully saturated rings. The van der Waals surface area contributed by atoms with E-state index in [1.54, 1.807) is 37.3 Å². The Hall–Kier alpha value is -2.82. The van der Waals surface area contributed by atoms with E-state index in [1.165, 1.54) is 0 Å². The van der Waals surface area contributed by atoms with Gasteiger partial charge in [0.25, 0.3) is 0 Å². The Morgan fingerprint density at radius 1 is 0.950 bits per heavy atom. The van der Waals surface area contributed by atoms with E-state index in [9.17, 15) is 9.59 Å². The second kappa shape index (κ2) is 5.88. The molecule has 2 rings (SSSR count). The predicted octanol–water partition coefficient (Wildman–Crippen LogP) is 2.74. The number of nitrogens with two attached hydrogens (primary N) is 1. The number of amides is 3. The summed E-state index contributed by atoms with van der Waals surface area (Å²) in [6, 6.07) is 13.7. The Bertz CT molecular complexity index is 639. The van der Waals surface area contributed by atoms with Gasteiger partial charge in [-0.2, -0.15) is 0 Å². The number of benzene rings is 2. The van der Waals surface area contributed by atoms with Crippen molar-refractivity contribution in [2.45, 2.75) is 6.92 Å². The van der Waals surface area contributed by atoms with Gasteiger partial charge in [-0.25, -0.2) is 4.79 Å². The first-order valence-corrected chi connectivity index (χ1v) is 6.10. The van der Waals surface area contributed by atoms with E-state index in [2.05, 4.69) is 10.6 Å². The van der Waals surface area contributed by atoms with Crippen LogP contribution in [-0.4, -0.2) is 11.9 Å². The molecule has 0 spiro atoms. The van der Waals surface area contributed by atoms with Gasteiger partial charge in [0.2, 0.25) is 5.91 Å². The van der Waals surface area contributed by atoms with Gasteiger partial charge in [0.05, 0.1) is 0 Å². The summed E-state index contributed by atoms with van der Waals surface area (Å²) < 4.78 is 0. The summed E-state index contributed by atoms with van der Waals surface area (Å²) in [7, 11) is 0. The molecule has 0 unspecified atom stereocenters. The molecule has 102 valence electrons. The maximum Gasteiger partial charge on any atom is 0.323 e. The maximum absolute atomic E-state index is 11.8. The number of nitrogens with one attached hydrogen (secondary N) is 2. The molecule has 0 radical (unpaired) electrons. The van der Waals surface area contributed by atoms with Crippen molar-refractivity contribution in [3.63, 3.8) is 0 Å². The Labute approximate surface area is 116 Å². The number of hydrogen-bond donors (Lipinski definition) is 3. The SMILES string of the molecule is Cc1ccc(NC(=O)Nc2ccccc2)cc1C(N)=O. The normalized spacial score (nSPS) is 9.85. The van der Waals surface area contributed by atoms with Crippen molar-refractivity contribution < 1.29 is 9.59 Å². The average molecular weight is 269 g/mol. The van der Waals surface area contributed by atoms with E-state index in [0.29, 0.717) is 16.9 Å². The standard InChI is InChI=1S/C15H15N3O2/c1-10-7-8-12(9-13(10)14(16)19)18-15(20)17-11-5-3-2-4-6-11/h2-9H,1H3,(H2,16,19)(H2,17,18,20). The zero-order valence-corrected chi connectivity index (χ0v) is 11.0. The lowest BCUT2D eigenvalue weighted by Crippen LogP contribution is -2.20. The largest absolute Gasteiger partial charge is 0.366 e. The number of carbonyl (C=O) groups excluding carboxylic acids is 2. The molecule has 4 N–H and O–H groups in total. The van der Waals surface area contributed by atoms with Gasteiger partial charge in [-0.1, -0.05) is 24.3 Å². The monoisotopic (exact) mass is 269 g/mol. The molecule has 0 saturated carbocycles. The first-order valence-electron chi connectivity index (χ1n) is 6.10. The molecule has 2 aromatic rings. The number of carbonyl (C=O) groups is 2. The van der Waals surface area contributed by atoms with Gasteiger partial charge in [0.15, 0.2) is 0 Å². The number of primary amides is 1. The van der Waals surface area contributed by atoms with E-state index in [0.717, 1.165) is 5.56 Å². The Kier molecular flexibility index (Phi) is 4.00. The lowest BCUT2D eigenvalue weighted by atomic mass is 10.1. The van der Waals surface area contributed by atoms with Crippen LogP contribution in [0.1, 0.15) is 15.9 Å². The molecular formula is C15H15N3O2. The van der Waals surface area contributed by atoms with Gasteiger partial charge in [0.1, 0.15) is 0 Å². The van der Waals surface area contributed by atoms with Crippen molar-refractivity contribution in [2.24, 2.45) is 5.73 Å². The summed E-state index contributed by atoms with van der Waals surface area (Å²) >= 11 is 0. The molecule has 0 saturated heterocycles. The van der Waals surface area contributed by atoms with Gasteiger partial charge in [-0.05, 0) is 36.8 Å². The number of anilines is 2. The zero-order chi connectivity index (χ0) is 14.5. The highest BCUT2D eigenvalue weighted by molar-refractivity contribution is 6.01. The van der Waals surface area contributed by atoms with Crippen LogP contribution in [0, 0.1) is 6.92 Å². The Morgan fingerprint density at radius 2 is 1.60 bits per heavy atom. The predicted molar refractivity (Wildman–Crippen MR) is 78.8 cm³/mol. The van der Waals surface area contributed by atoms with Crippen LogP contribution in [-0.2, 0) is 0 Å². The first kappa shape index (κ1) is 13.6. The Balaban J connectivity index is 2.08. The summed E-state index contributed by atoms with van der Waals surface area (Å²) in [6.45, 7) is 1.79. The van der Waals surface area contributed by atoms with Crippen LogP contribution in [0.3, 0.4) is 0 Å². The molecule has 0 aliphatic carbocycles. The van der Waals surface area contributed by atoms with Crippen LogP contribution in [0.4, 0.5) is 16.2 Å². The minimum Gasteiger partial charge on any atom is -0.366 e. The second-order valence-electron chi connectivity index (χ2n) is 4.34. The summed E-state index contributed by atoms with van der Waals surface area (Å²) in [5.74, 6) is -0.519. The van der Waals surface area contributed by atoms with Crippen LogP contribution in [0.2, 0.25) is 0 Å². The third kappa shape index (κ3) is 3.35. The number of hydrogen-bond acceptors (Lipinski definition) is 2. The number of urea groups is 1. The minimum atomic E-state index is -0.519. The highest BCUT2D eigenvalue weighted by Gasteiger charge is 2.08. The highest BCUT2D eigenvalue weighted by Crippen LogP contribution is 2.15. The van der Waals surface area contributed by atoms with Gasteiger partial charge in [-0.15, -0.1) is 0 Å². The van der Waals surface area contributed by atoms with Crippen molar-refractivity contribution in [2.75, 3.05) is 10.6 Å². The smallest absolute Gasteiger partial charge is 0.323 e. The maximum atomic E-state index is 11.8. The Morgan fingerprint density at radius 3 is 2.25 bits per heavy atom. The number of rotatable bonds is 3. The van der Waals surface area contributed by atoms with Crippen molar-refractivity contribution in [1.29, 1.82) is 0 Å². The quantitative estimate of drug-likeness (QED) is 0.800. The zero-order valence-electron chi connectivity index (χ0n) is 11.0. The molecular weight excluding hydrogens is 254 g/mol. The summed E-state index contributed by atoms with van der Waals surface area (Å²) in [5, 5.41) is 5.34. The molecule has 0 bridgehead atoms. The van der Waals surface area contributed by atoms with Crippen molar-refractivity contribution in [3.8, 4) is 0 Å². The van der Waals surface area contributed by atoms with Gasteiger partial charge in [0, 0.05) is 16.9 Å². The van der Waals surface area contributed by atoms with Crippen molar-refractivity contribution in [1.82, 2.24) is 0 Å². The van der Waals surface area contributed by atoms with Crippen LogP contribution < -0.4 is 16.4 Å². The highest BCUT2D eigenvalue weighted by atomic mass is 16.2. The van der Waals surface area contributed by atoms with E-state index in [4.69, 9.17) is 5.73 Å². The third-order valence-electron chi connectivity index (χ3n) is 2.79. The van der Waals surface area contributed by atoms with Crippen LogP contribution >= 0.6 is 0 Å². The molecule has 0 aromatic heterocycles. The molecule has 20 heavy (non-hydrogen) atoms. The van der Waals surface area contributed by atoms with Crippen molar-refractivity contribution >= 4 is 23.3 Å². The molecule has 3 amide bonds. The van der Waals surface area contributed by atoms with Crippen LogP contribution in [0.15, 0.2) is 48.5 Å². The molecule has 0 atom stereocenters. The molecule has 5 nitrogen and oxygen atoms in total. The molecule has 0 aliphatic heterocycles. The lowest BCUT2D eigenvalue weighted by molar-refractivity contribution is 0.0999. The van der Waals surface area contributed by atoms with Crippen LogP contribution in [0.25, 0.3) is 0 Å². The van der Waals surface area contributed by atoms with Crippen molar-refractivity contribution in [3.05, 3.63) is 59.7 Å². The first-order chi connectivity index (χ1) is 9.56. The number of aryl methyl sites for hydroxylation is 1. The molecule has 5 heteroatoms. The molecule has 0 aliphatic rings. The third-order valence-corrected chi connectivity index (χ3v) is 2.79. The van der Waals surface area contributed by atoms with Gasteiger partial charge >= 0.3 is 6.03 Å². The summed E-state index contributed by atoms with van der Waals surface area (Å²) in [6.07, 6.45) is 0. The van der Waals surface area contributed by atoms with E-state index in [1.807, 2.05) is 18.2 Å². The fraction of sp³-hybridized carbons (Fsp3) is 0.0667. The number of para-hydroxylation sites is 1. The van der Waals surface area contributed by atoms with Crippen LogP contribution in [0.5, 0.6) is 0 Å². The average Bonchev–Trinajstić information content (AvgIpc) is 2.41. The fourth-order valence-corrected chi connectivity index (χ4v) is 1.78. The minimum absolute atomic E-state index is 0.379. The summed E-state index contributed by atoms with van der Waals surface area (Å²) in [5.41, 5.74) is 7.63. The molecule has 0 heterocycles. The lowest BCUT2D eigenvalue weighted by Gasteiger charge is -2.09. The topological polar surface area (TPSA) is 84.2 Å². The van der Waals surface area contributed by atoms with Gasteiger partial charge in [-0.3, -0.25) is 4.79 Å². The molecule has 2 aromatic carbocycles. The van der Waals surface area contributed by atoms with E-state index >= 15 is 0 Å². The van der Waals surface area contributed by atoms with E-state index < -0.39 is 5.91 Å². The fourth-order valence-electron chi connectivity index (χ4n) is 1.78. The second-order valence-corrected chi connectivity index (χ2v) is 4.34. The van der Waals surface area contributed by atoms with Gasteiger partial charge < -0.3 is 16.4 Å².